The van der Waals surface area contributed by atoms with Crippen molar-refractivity contribution in [3.8, 4) is 11.5 Å². The molecule has 7 heteroatoms. The number of nitrogens with zero attached hydrogens (tertiary/aromatic N) is 4. The summed E-state index contributed by atoms with van der Waals surface area (Å²) in [6.07, 6.45) is 1.78. The van der Waals surface area contributed by atoms with Crippen LogP contribution >= 0.6 is 0 Å². The zero-order chi connectivity index (χ0) is 19.3. The second kappa shape index (κ2) is 8.41. The minimum absolute atomic E-state index is 0.179. The van der Waals surface area contributed by atoms with Crippen molar-refractivity contribution in [3.63, 3.8) is 0 Å². The average molecular weight is 380 g/mol. The van der Waals surface area contributed by atoms with Crippen molar-refractivity contribution in [3.05, 3.63) is 71.5 Å². The minimum Gasteiger partial charge on any atom is -0.497 e. The molecule has 0 bridgehead atoms. The Labute approximate surface area is 164 Å². The summed E-state index contributed by atoms with van der Waals surface area (Å²) in [6.45, 7) is 2.97. The summed E-state index contributed by atoms with van der Waals surface area (Å²) in [4.78, 5) is 2.27. The number of hydrogen-bond acceptors (Lipinski definition) is 6. The fourth-order valence-corrected chi connectivity index (χ4v) is 3.37. The summed E-state index contributed by atoms with van der Waals surface area (Å²) >= 11 is 0. The van der Waals surface area contributed by atoms with Crippen molar-refractivity contribution in [1.29, 1.82) is 0 Å². The number of methoxy groups -OCH3 is 2. The molecule has 0 saturated carbocycles. The molecule has 2 aromatic carbocycles. The van der Waals surface area contributed by atoms with E-state index in [1.807, 2.05) is 47.3 Å². The van der Waals surface area contributed by atoms with Crippen molar-refractivity contribution >= 4 is 0 Å². The molecule has 1 aliphatic rings. The number of benzene rings is 2. The van der Waals surface area contributed by atoms with Crippen LogP contribution in [0, 0.1) is 0 Å². The van der Waals surface area contributed by atoms with Gasteiger partial charge in [-0.3, -0.25) is 4.90 Å². The van der Waals surface area contributed by atoms with E-state index in [2.05, 4.69) is 27.3 Å². The first-order chi connectivity index (χ1) is 13.7. The molecule has 0 N–H and O–H groups in total. The Kier molecular flexibility index (Phi) is 5.55. The molecule has 0 aliphatic carbocycles. The normalized spacial score (nSPS) is 17.0. The van der Waals surface area contributed by atoms with Crippen molar-refractivity contribution in [2.24, 2.45) is 0 Å². The van der Waals surface area contributed by atoms with Crippen LogP contribution in [0.1, 0.15) is 23.0 Å². The van der Waals surface area contributed by atoms with E-state index in [0.29, 0.717) is 13.2 Å². The predicted molar refractivity (Wildman–Crippen MR) is 104 cm³/mol. The summed E-state index contributed by atoms with van der Waals surface area (Å²) < 4.78 is 18.3. The Morgan fingerprint density at radius 2 is 1.82 bits per heavy atom. The van der Waals surface area contributed by atoms with Gasteiger partial charge < -0.3 is 14.2 Å². The molecular weight excluding hydrogens is 356 g/mol. The Hall–Kier alpha value is -2.90. The highest BCUT2D eigenvalue weighted by molar-refractivity contribution is 5.29. The van der Waals surface area contributed by atoms with E-state index in [1.165, 1.54) is 5.56 Å². The first-order valence-corrected chi connectivity index (χ1v) is 9.27. The zero-order valence-corrected chi connectivity index (χ0v) is 16.1. The smallest absolute Gasteiger partial charge is 0.157 e. The summed E-state index contributed by atoms with van der Waals surface area (Å²) in [5.41, 5.74) is 3.15. The van der Waals surface area contributed by atoms with Gasteiger partial charge in [0.1, 0.15) is 17.2 Å². The highest BCUT2D eigenvalue weighted by Crippen LogP contribution is 2.27. The maximum atomic E-state index is 5.93. The lowest BCUT2D eigenvalue weighted by atomic mass is 10.2. The van der Waals surface area contributed by atoms with Crippen LogP contribution in [0.15, 0.2) is 54.7 Å². The lowest BCUT2D eigenvalue weighted by molar-refractivity contribution is 0.0252. The molecule has 0 spiro atoms. The van der Waals surface area contributed by atoms with Gasteiger partial charge in [0.2, 0.25) is 0 Å². The van der Waals surface area contributed by atoms with Crippen LogP contribution in [0.3, 0.4) is 0 Å². The van der Waals surface area contributed by atoms with Crippen LogP contribution in [0.5, 0.6) is 11.5 Å². The molecule has 0 unspecified atom stereocenters. The Morgan fingerprint density at radius 1 is 1.00 bits per heavy atom. The second-order valence-corrected chi connectivity index (χ2v) is 6.73. The summed E-state index contributed by atoms with van der Waals surface area (Å²) in [5, 5.41) is 8.63. The van der Waals surface area contributed by atoms with E-state index < -0.39 is 0 Å². The lowest BCUT2D eigenvalue weighted by Gasteiger charge is -2.21. The Morgan fingerprint density at radius 3 is 2.61 bits per heavy atom. The average Bonchev–Trinajstić information content (AvgIpc) is 3.38. The molecular formula is C21H24N4O3. The largest absolute Gasteiger partial charge is 0.497 e. The molecule has 0 amide bonds. The Bertz CT molecular complexity index is 910. The van der Waals surface area contributed by atoms with Crippen molar-refractivity contribution in [2.45, 2.75) is 19.3 Å². The van der Waals surface area contributed by atoms with Crippen LogP contribution in [0.2, 0.25) is 0 Å². The minimum atomic E-state index is -0.179. The van der Waals surface area contributed by atoms with Gasteiger partial charge in [0.25, 0.3) is 0 Å². The molecule has 1 aromatic heterocycles. The van der Waals surface area contributed by atoms with E-state index in [9.17, 15) is 0 Å². The molecule has 2 heterocycles. The van der Waals surface area contributed by atoms with Crippen molar-refractivity contribution < 1.29 is 14.2 Å². The van der Waals surface area contributed by atoms with Crippen LogP contribution in [0.4, 0.5) is 0 Å². The number of hydrogen-bond donors (Lipinski definition) is 0. The van der Waals surface area contributed by atoms with Crippen LogP contribution < -0.4 is 9.47 Å². The molecule has 7 nitrogen and oxygen atoms in total. The summed E-state index contributed by atoms with van der Waals surface area (Å²) in [7, 11) is 3.34. The van der Waals surface area contributed by atoms with Crippen LogP contribution in [0.25, 0.3) is 0 Å². The van der Waals surface area contributed by atoms with Gasteiger partial charge in [0.15, 0.2) is 6.23 Å². The van der Waals surface area contributed by atoms with Crippen molar-refractivity contribution in [2.75, 3.05) is 27.4 Å². The van der Waals surface area contributed by atoms with Gasteiger partial charge in [0.05, 0.1) is 33.6 Å². The van der Waals surface area contributed by atoms with E-state index in [4.69, 9.17) is 14.2 Å². The predicted octanol–water partition coefficient (Wildman–Crippen LogP) is 2.87. The fourth-order valence-electron chi connectivity index (χ4n) is 3.37. The van der Waals surface area contributed by atoms with Gasteiger partial charge in [0, 0.05) is 13.1 Å². The van der Waals surface area contributed by atoms with Gasteiger partial charge >= 0.3 is 0 Å². The molecule has 1 saturated heterocycles. The van der Waals surface area contributed by atoms with Crippen LogP contribution in [-0.2, 0) is 17.8 Å². The molecule has 28 heavy (non-hydrogen) atoms. The fraction of sp³-hybridized carbons (Fsp3) is 0.333. The molecule has 1 aliphatic heterocycles. The maximum Gasteiger partial charge on any atom is 0.157 e. The zero-order valence-electron chi connectivity index (χ0n) is 16.1. The first-order valence-electron chi connectivity index (χ1n) is 9.27. The van der Waals surface area contributed by atoms with Gasteiger partial charge in [-0.25, -0.2) is 4.68 Å². The third-order valence-electron chi connectivity index (χ3n) is 4.82. The van der Waals surface area contributed by atoms with E-state index in [1.54, 1.807) is 14.2 Å². The number of rotatable bonds is 7. The summed E-state index contributed by atoms with van der Waals surface area (Å²) in [5.74, 6) is 1.70. The SMILES string of the molecule is COc1ccc(CN2CCO[C@H]2c2cn(Cc3cccc(OC)c3)nn2)cc1. The Balaban J connectivity index is 1.44. The highest BCUT2D eigenvalue weighted by Gasteiger charge is 2.29. The topological polar surface area (TPSA) is 61.6 Å². The quantitative estimate of drug-likeness (QED) is 0.628. The standard InChI is InChI=1S/C21H24N4O3/c1-26-18-8-6-16(7-9-18)13-24-10-11-28-21(24)20-15-25(23-22-20)14-17-4-3-5-19(12-17)27-2/h3-9,12,15,21H,10-11,13-14H2,1-2H3/t21-/m0/s1. The van der Waals surface area contributed by atoms with Gasteiger partial charge in [-0.05, 0) is 35.4 Å². The molecule has 0 radical (unpaired) electrons. The molecule has 146 valence electrons. The van der Waals surface area contributed by atoms with Gasteiger partial charge in [-0.1, -0.05) is 29.5 Å². The van der Waals surface area contributed by atoms with Gasteiger partial charge in [-0.2, -0.15) is 0 Å². The van der Waals surface area contributed by atoms with E-state index >= 15 is 0 Å². The highest BCUT2D eigenvalue weighted by atomic mass is 16.5. The molecule has 1 fully saturated rings. The lowest BCUT2D eigenvalue weighted by Crippen LogP contribution is -2.23. The monoisotopic (exact) mass is 380 g/mol. The second-order valence-electron chi connectivity index (χ2n) is 6.73. The first kappa shape index (κ1) is 18.5. The van der Waals surface area contributed by atoms with Crippen molar-refractivity contribution in [1.82, 2.24) is 19.9 Å². The number of ether oxygens (including phenoxy) is 3. The molecule has 3 aromatic rings. The number of aromatic nitrogens is 3. The third kappa shape index (κ3) is 4.16. The maximum absolute atomic E-state index is 5.93. The van der Waals surface area contributed by atoms with E-state index in [-0.39, 0.29) is 6.23 Å². The summed E-state index contributed by atoms with van der Waals surface area (Å²) in [6, 6.07) is 16.1. The van der Waals surface area contributed by atoms with Crippen LogP contribution in [-0.4, -0.2) is 47.3 Å². The third-order valence-corrected chi connectivity index (χ3v) is 4.82. The molecule has 4 rings (SSSR count). The van der Waals surface area contributed by atoms with E-state index in [0.717, 1.165) is 35.8 Å². The van der Waals surface area contributed by atoms with Gasteiger partial charge in [-0.15, -0.1) is 5.10 Å². The molecule has 1 atom stereocenters.